The van der Waals surface area contributed by atoms with Crippen LogP contribution in [0, 0.1) is 0 Å². The van der Waals surface area contributed by atoms with E-state index in [2.05, 4.69) is 22.3 Å². The number of morpholine rings is 1. The summed E-state index contributed by atoms with van der Waals surface area (Å²) in [5.74, 6) is -2.76. The Morgan fingerprint density at radius 2 is 1.87 bits per heavy atom. The van der Waals surface area contributed by atoms with Gasteiger partial charge >= 0.3 is 12.1 Å². The molecule has 1 aromatic carbocycles. The molecule has 1 aromatic rings. The normalized spacial score (nSPS) is 24.6. The minimum absolute atomic E-state index is 0.0775. The van der Waals surface area contributed by atoms with E-state index in [4.69, 9.17) is 26.2 Å². The van der Waals surface area contributed by atoms with Crippen LogP contribution in [0.25, 0.3) is 0 Å². The molecule has 0 aliphatic carbocycles. The number of aliphatic hydroxyl groups excluding tert-OH is 1. The zero-order chi connectivity index (χ0) is 22.3. The third kappa shape index (κ3) is 7.70. The average molecular weight is 453 g/mol. The van der Waals surface area contributed by atoms with Gasteiger partial charge in [0.2, 0.25) is 0 Å². The van der Waals surface area contributed by atoms with Gasteiger partial charge in [0, 0.05) is 23.7 Å². The van der Waals surface area contributed by atoms with Crippen molar-refractivity contribution in [3.8, 4) is 0 Å². The van der Waals surface area contributed by atoms with Crippen LogP contribution in [-0.2, 0) is 16.0 Å². The number of aliphatic carboxylic acids is 1. The summed E-state index contributed by atoms with van der Waals surface area (Å²) >= 11 is 5.99. The second kappa shape index (κ2) is 11.3. The molecule has 2 aliphatic heterocycles. The van der Waals surface area contributed by atoms with Crippen LogP contribution >= 0.6 is 11.6 Å². The first-order valence-corrected chi connectivity index (χ1v) is 10.3. The van der Waals surface area contributed by atoms with Gasteiger partial charge in [0.25, 0.3) is 0 Å². The lowest BCUT2D eigenvalue weighted by molar-refractivity contribution is -0.192. The van der Waals surface area contributed by atoms with E-state index in [0.29, 0.717) is 18.7 Å². The fraction of sp³-hybridized carbons (Fsp3) is 0.650. The Labute approximate surface area is 179 Å². The van der Waals surface area contributed by atoms with Crippen molar-refractivity contribution in [2.45, 2.75) is 56.7 Å². The van der Waals surface area contributed by atoms with Gasteiger partial charge in [0.05, 0.1) is 18.8 Å². The minimum atomic E-state index is -5.08. The first-order chi connectivity index (χ1) is 14.1. The Hall–Kier alpha value is -1.39. The Morgan fingerprint density at radius 1 is 1.30 bits per heavy atom. The molecular formula is C20H28ClF3N2O4. The smallest absolute Gasteiger partial charge is 0.475 e. The molecule has 2 saturated heterocycles. The Kier molecular flexibility index (Phi) is 9.36. The number of carboxylic acids is 1. The lowest BCUT2D eigenvalue weighted by Gasteiger charge is -2.46. The highest BCUT2D eigenvalue weighted by atomic mass is 35.5. The fourth-order valence-electron chi connectivity index (χ4n) is 3.69. The Morgan fingerprint density at radius 3 is 2.37 bits per heavy atom. The average Bonchev–Trinajstić information content (AvgIpc) is 2.70. The minimum Gasteiger partial charge on any atom is -0.475 e. The van der Waals surface area contributed by atoms with Gasteiger partial charge in [-0.05, 0) is 57.0 Å². The number of carboxylic acid groups (broad SMARTS) is 1. The molecule has 3 atom stereocenters. The number of hydrogen-bond donors (Lipinski definition) is 3. The van der Waals surface area contributed by atoms with E-state index in [1.165, 1.54) is 18.4 Å². The van der Waals surface area contributed by atoms with Crippen LogP contribution in [0.2, 0.25) is 5.02 Å². The van der Waals surface area contributed by atoms with Gasteiger partial charge < -0.3 is 20.3 Å². The van der Waals surface area contributed by atoms with Gasteiger partial charge in [-0.3, -0.25) is 4.90 Å². The maximum Gasteiger partial charge on any atom is 0.490 e. The van der Waals surface area contributed by atoms with Crippen molar-refractivity contribution in [1.82, 2.24) is 10.2 Å². The van der Waals surface area contributed by atoms with Gasteiger partial charge in [0.1, 0.15) is 0 Å². The highest BCUT2D eigenvalue weighted by molar-refractivity contribution is 6.30. The number of benzene rings is 1. The number of carbonyl (C=O) groups is 1. The van der Waals surface area contributed by atoms with Crippen LogP contribution in [0.3, 0.4) is 0 Å². The fourth-order valence-corrected chi connectivity index (χ4v) is 3.81. The van der Waals surface area contributed by atoms with Gasteiger partial charge in [-0.25, -0.2) is 4.79 Å². The van der Waals surface area contributed by atoms with Gasteiger partial charge in [-0.1, -0.05) is 23.7 Å². The van der Waals surface area contributed by atoms with E-state index in [1.54, 1.807) is 0 Å². The van der Waals surface area contributed by atoms with E-state index in [1.807, 2.05) is 19.1 Å². The second-order valence-corrected chi connectivity index (χ2v) is 8.01. The monoisotopic (exact) mass is 452 g/mol. The van der Waals surface area contributed by atoms with E-state index >= 15 is 0 Å². The zero-order valence-electron chi connectivity index (χ0n) is 16.7. The highest BCUT2D eigenvalue weighted by Gasteiger charge is 2.38. The molecule has 0 saturated carbocycles. The molecule has 6 nitrogen and oxygen atoms in total. The van der Waals surface area contributed by atoms with Gasteiger partial charge in [0.15, 0.2) is 0 Å². The number of piperidine rings is 1. The maximum absolute atomic E-state index is 10.6. The summed E-state index contributed by atoms with van der Waals surface area (Å²) in [6.07, 6.45) is -2.27. The van der Waals surface area contributed by atoms with E-state index in [0.717, 1.165) is 31.1 Å². The standard InChI is InChI=1S/C18H27ClN2O2.C2HF3O2/c1-13(22)18-11-21(16-6-8-20-9-7-16)17(12-23-18)10-14-2-4-15(19)5-3-14;3-2(4,5)1(6)7/h2-5,13,16-18,20,22H,6-12H2,1H3;(H,6,7)/t13?,17-,18+;/m0./s1. The van der Waals surface area contributed by atoms with Crippen molar-refractivity contribution in [2.75, 3.05) is 26.2 Å². The number of rotatable bonds is 4. The lowest BCUT2D eigenvalue weighted by atomic mass is 9.96. The van der Waals surface area contributed by atoms with E-state index in [-0.39, 0.29) is 6.10 Å². The first-order valence-electron chi connectivity index (χ1n) is 9.88. The largest absolute Gasteiger partial charge is 0.490 e. The molecule has 3 rings (SSSR count). The molecule has 0 spiro atoms. The van der Waals surface area contributed by atoms with Crippen molar-refractivity contribution in [2.24, 2.45) is 0 Å². The molecule has 0 aromatic heterocycles. The van der Waals surface area contributed by atoms with E-state index < -0.39 is 18.2 Å². The van der Waals surface area contributed by atoms with Crippen LogP contribution in [0.15, 0.2) is 24.3 Å². The number of halogens is 4. The van der Waals surface area contributed by atoms with E-state index in [9.17, 15) is 18.3 Å². The topological polar surface area (TPSA) is 82.0 Å². The van der Waals surface area contributed by atoms with Gasteiger partial charge in [-0.15, -0.1) is 0 Å². The summed E-state index contributed by atoms with van der Waals surface area (Å²) in [4.78, 5) is 11.5. The second-order valence-electron chi connectivity index (χ2n) is 7.58. The van der Waals surface area contributed by atoms with Crippen LogP contribution in [0.4, 0.5) is 13.2 Å². The van der Waals surface area contributed by atoms with Crippen molar-refractivity contribution >= 4 is 17.6 Å². The van der Waals surface area contributed by atoms with Crippen molar-refractivity contribution < 1.29 is 32.9 Å². The quantitative estimate of drug-likeness (QED) is 0.651. The maximum atomic E-state index is 10.6. The highest BCUT2D eigenvalue weighted by Crippen LogP contribution is 2.24. The van der Waals surface area contributed by atoms with Crippen LogP contribution in [0.5, 0.6) is 0 Å². The van der Waals surface area contributed by atoms with Crippen molar-refractivity contribution in [3.05, 3.63) is 34.9 Å². The number of ether oxygens (including phenoxy) is 1. The van der Waals surface area contributed by atoms with Crippen molar-refractivity contribution in [3.63, 3.8) is 0 Å². The summed E-state index contributed by atoms with van der Waals surface area (Å²) < 4.78 is 37.7. The molecule has 2 aliphatic rings. The first kappa shape index (κ1) is 24.9. The Balaban J connectivity index is 0.000000396. The lowest BCUT2D eigenvalue weighted by Crippen LogP contribution is -2.58. The summed E-state index contributed by atoms with van der Waals surface area (Å²) in [5.41, 5.74) is 1.29. The van der Waals surface area contributed by atoms with Crippen LogP contribution in [0.1, 0.15) is 25.3 Å². The number of alkyl halides is 3. The SMILES string of the molecule is CC(O)[C@H]1CN(C2CCNCC2)[C@@H](Cc2ccc(Cl)cc2)CO1.O=C(O)C(F)(F)F. The summed E-state index contributed by atoms with van der Waals surface area (Å²) in [5, 5.41) is 21.3. The number of hydrogen-bond acceptors (Lipinski definition) is 5. The predicted molar refractivity (Wildman–Crippen MR) is 107 cm³/mol. The summed E-state index contributed by atoms with van der Waals surface area (Å²) in [6, 6.07) is 9.06. The molecule has 0 bridgehead atoms. The number of aliphatic hydroxyl groups is 1. The third-order valence-corrected chi connectivity index (χ3v) is 5.56. The summed E-state index contributed by atoms with van der Waals surface area (Å²) in [7, 11) is 0. The number of nitrogens with zero attached hydrogens (tertiary/aromatic N) is 1. The molecule has 1 unspecified atom stereocenters. The predicted octanol–water partition coefficient (Wildman–Crippen LogP) is 2.72. The number of nitrogens with one attached hydrogen (secondary N) is 1. The molecule has 2 heterocycles. The Bertz CT molecular complexity index is 667. The van der Waals surface area contributed by atoms with Crippen molar-refractivity contribution in [1.29, 1.82) is 0 Å². The molecule has 10 heteroatoms. The molecule has 170 valence electrons. The summed E-state index contributed by atoms with van der Waals surface area (Å²) in [6.45, 7) is 5.48. The van der Waals surface area contributed by atoms with Crippen LogP contribution < -0.4 is 5.32 Å². The molecule has 3 N–H and O–H groups in total. The molecular weight excluding hydrogens is 425 g/mol. The van der Waals surface area contributed by atoms with Crippen LogP contribution in [-0.4, -0.2) is 77.8 Å². The zero-order valence-corrected chi connectivity index (χ0v) is 17.5. The molecule has 30 heavy (non-hydrogen) atoms. The molecule has 0 radical (unpaired) electrons. The molecule has 0 amide bonds. The molecule has 2 fully saturated rings. The third-order valence-electron chi connectivity index (χ3n) is 5.31. The van der Waals surface area contributed by atoms with Gasteiger partial charge in [-0.2, -0.15) is 13.2 Å².